The minimum atomic E-state index is -2.69. The Labute approximate surface area is 297 Å². The van der Waals surface area contributed by atoms with Crippen molar-refractivity contribution >= 4 is 11.9 Å². The smallest absolute Gasteiger partial charge is 0.342 e. The third-order valence-electron chi connectivity index (χ3n) is 9.13. The number of aliphatic hydroxyl groups is 10. The van der Waals surface area contributed by atoms with Gasteiger partial charge in [-0.25, -0.2) is 9.59 Å². The highest BCUT2D eigenvalue weighted by atomic mass is 16.7. The molecule has 2 aliphatic rings. The Morgan fingerprint density at radius 3 is 1.48 bits per heavy atom. The van der Waals surface area contributed by atoms with Gasteiger partial charge in [-0.15, -0.1) is 0 Å². The van der Waals surface area contributed by atoms with Crippen LogP contribution in [0.4, 0.5) is 0 Å². The van der Waals surface area contributed by atoms with E-state index in [0.29, 0.717) is 11.1 Å². The Bertz CT molecular complexity index is 1440. The van der Waals surface area contributed by atoms with Crippen molar-refractivity contribution in [1.82, 2.24) is 0 Å². The van der Waals surface area contributed by atoms with Crippen LogP contribution < -0.4 is 9.47 Å². The van der Waals surface area contributed by atoms with Crippen molar-refractivity contribution in [2.24, 2.45) is 5.92 Å². The summed E-state index contributed by atoms with van der Waals surface area (Å²) >= 11 is 0. The average Bonchev–Trinajstić information content (AvgIpc) is 3.16. The number of ether oxygens (including phenoxy) is 6. The summed E-state index contributed by atoms with van der Waals surface area (Å²) in [5.41, 5.74) is -1.89. The Morgan fingerprint density at radius 1 is 0.692 bits per heavy atom. The normalized spacial score (nSPS) is 31.5. The Hall–Kier alpha value is -3.50. The molecule has 0 aliphatic carbocycles. The summed E-state index contributed by atoms with van der Waals surface area (Å²) in [6.07, 6.45) is -16.9. The van der Waals surface area contributed by atoms with Crippen LogP contribution in [0.15, 0.2) is 48.5 Å². The van der Waals surface area contributed by atoms with E-state index < -0.39 is 111 Å². The number of hydrogen-bond donors (Lipinski definition) is 10. The van der Waals surface area contributed by atoms with Crippen LogP contribution in [-0.4, -0.2) is 149 Å². The predicted octanol–water partition coefficient (Wildman–Crippen LogP) is -3.03. The van der Waals surface area contributed by atoms with Crippen LogP contribution in [0.5, 0.6) is 11.5 Å². The monoisotopic (exact) mass is 742 g/mol. The van der Waals surface area contributed by atoms with E-state index in [0.717, 1.165) is 0 Å². The summed E-state index contributed by atoms with van der Waals surface area (Å²) in [6.45, 7) is 1.03. The summed E-state index contributed by atoms with van der Waals surface area (Å²) in [7, 11) is 0. The van der Waals surface area contributed by atoms with E-state index >= 15 is 0 Å². The van der Waals surface area contributed by atoms with Gasteiger partial charge in [0.05, 0.1) is 13.2 Å². The highest BCUT2D eigenvalue weighted by molar-refractivity contribution is 5.89. The molecule has 2 fully saturated rings. The first-order chi connectivity index (χ1) is 24.7. The van der Waals surface area contributed by atoms with Crippen LogP contribution in [0.2, 0.25) is 0 Å². The van der Waals surface area contributed by atoms with E-state index in [1.54, 1.807) is 6.92 Å². The quantitative estimate of drug-likeness (QED) is 0.0812. The second kappa shape index (κ2) is 18.0. The third kappa shape index (κ3) is 9.16. The van der Waals surface area contributed by atoms with Gasteiger partial charge >= 0.3 is 11.9 Å². The van der Waals surface area contributed by atoms with Gasteiger partial charge in [-0.2, -0.15) is 0 Å². The summed E-state index contributed by atoms with van der Waals surface area (Å²) in [4.78, 5) is 26.1. The summed E-state index contributed by atoms with van der Waals surface area (Å²) < 4.78 is 32.2. The first-order valence-electron chi connectivity index (χ1n) is 16.5. The summed E-state index contributed by atoms with van der Waals surface area (Å²) in [5, 5.41) is 101. The number of carbonyl (C=O) groups is 2. The minimum absolute atomic E-state index is 0.157. The second-order valence-corrected chi connectivity index (χ2v) is 12.6. The Kier molecular flexibility index (Phi) is 14.3. The molecule has 10 N–H and O–H groups in total. The SMILES string of the molecule is CC[C@H](C)[C@](O)(C(=O)OCc1ccc(O[C@@H]2O[C@H](CO)[C@@H](O)[C@H](O)[C@H]2O)cc1)[C@H](O)C(=O)OCc1ccc(O[C@@H]2O[C@H](CO)[C@@H](O)[C@H](O)[C@H]2O)cc1. The average molecular weight is 743 g/mol. The molecule has 0 aromatic heterocycles. The molecule has 0 radical (unpaired) electrons. The summed E-state index contributed by atoms with van der Waals surface area (Å²) in [5.74, 6) is -3.25. The van der Waals surface area contributed by atoms with Crippen molar-refractivity contribution in [1.29, 1.82) is 0 Å². The topological polar surface area (TPSA) is 292 Å². The molecule has 13 atom stereocenters. The lowest BCUT2D eigenvalue weighted by Gasteiger charge is -2.39. The fourth-order valence-corrected chi connectivity index (χ4v) is 5.50. The second-order valence-electron chi connectivity index (χ2n) is 12.6. The lowest BCUT2D eigenvalue weighted by molar-refractivity contribution is -0.277. The maximum Gasteiger partial charge on any atom is 0.342 e. The largest absolute Gasteiger partial charge is 0.462 e. The predicted molar refractivity (Wildman–Crippen MR) is 172 cm³/mol. The molecule has 0 unspecified atom stereocenters. The van der Waals surface area contributed by atoms with Crippen LogP contribution in [-0.2, 0) is 41.8 Å². The molecule has 2 aromatic carbocycles. The van der Waals surface area contributed by atoms with Gasteiger partial charge in [-0.05, 0) is 41.3 Å². The Balaban J connectivity index is 1.31. The number of benzene rings is 2. The molecule has 2 aromatic rings. The van der Waals surface area contributed by atoms with Gasteiger partial charge in [0.25, 0.3) is 0 Å². The number of hydrogen-bond acceptors (Lipinski definition) is 18. The number of aliphatic hydroxyl groups excluding tert-OH is 9. The lowest BCUT2D eigenvalue weighted by Crippen LogP contribution is -2.60. The van der Waals surface area contributed by atoms with Gasteiger partial charge in [0.2, 0.25) is 18.2 Å². The minimum Gasteiger partial charge on any atom is -0.462 e. The zero-order chi connectivity index (χ0) is 38.3. The molecule has 2 saturated heterocycles. The van der Waals surface area contributed by atoms with Crippen molar-refractivity contribution in [3.63, 3.8) is 0 Å². The molecule has 18 heteroatoms. The Morgan fingerprint density at radius 2 is 1.10 bits per heavy atom. The maximum absolute atomic E-state index is 13.2. The van der Waals surface area contributed by atoms with Crippen molar-refractivity contribution < 1.29 is 89.1 Å². The molecule has 0 spiro atoms. The van der Waals surface area contributed by atoms with Gasteiger partial charge < -0.3 is 79.5 Å². The molecule has 0 saturated carbocycles. The van der Waals surface area contributed by atoms with Crippen molar-refractivity contribution in [3.05, 3.63) is 59.7 Å². The third-order valence-corrected chi connectivity index (χ3v) is 9.13. The molecule has 18 nitrogen and oxygen atoms in total. The highest BCUT2D eigenvalue weighted by Gasteiger charge is 2.53. The standard InChI is InChI=1S/C34H46O18/c1-3-16(2)34(46,33(45)48-15-18-6-10-20(11-7-18)50-32-28(42)26(40)24(38)22(13-36)52-32)29(43)30(44)47-14-17-4-8-19(9-5-17)49-31-27(41)25(39)23(37)21(12-35)51-31/h4-11,16,21-29,31-32,35-43,46H,3,12-15H2,1-2H3/t16-,21+,22+,23+,24+,25-,26-,27+,28+,29+,31+,32+,34+/m0/s1. The van der Waals surface area contributed by atoms with E-state index in [1.165, 1.54) is 55.5 Å². The molecule has 4 rings (SSSR count). The van der Waals surface area contributed by atoms with Crippen LogP contribution in [0.3, 0.4) is 0 Å². The zero-order valence-electron chi connectivity index (χ0n) is 28.3. The van der Waals surface area contributed by atoms with Crippen molar-refractivity contribution in [3.8, 4) is 11.5 Å². The van der Waals surface area contributed by atoms with E-state index in [9.17, 15) is 60.7 Å². The molecular formula is C34H46O18. The highest BCUT2D eigenvalue weighted by Crippen LogP contribution is 2.30. The van der Waals surface area contributed by atoms with Gasteiger partial charge in [0, 0.05) is 0 Å². The van der Waals surface area contributed by atoms with Crippen LogP contribution in [0, 0.1) is 5.92 Å². The van der Waals surface area contributed by atoms with Crippen LogP contribution in [0.25, 0.3) is 0 Å². The molecule has 0 amide bonds. The first kappa shape index (κ1) is 41.3. The van der Waals surface area contributed by atoms with Gasteiger partial charge in [0.15, 0.2) is 6.10 Å². The van der Waals surface area contributed by atoms with E-state index in [2.05, 4.69) is 0 Å². The van der Waals surface area contributed by atoms with E-state index in [1.807, 2.05) is 0 Å². The van der Waals surface area contributed by atoms with E-state index in [-0.39, 0.29) is 24.5 Å². The van der Waals surface area contributed by atoms with Crippen LogP contribution >= 0.6 is 0 Å². The fraction of sp³-hybridized carbons (Fsp3) is 0.588. The molecule has 2 heterocycles. The van der Waals surface area contributed by atoms with Gasteiger partial charge in [-0.3, -0.25) is 0 Å². The molecule has 52 heavy (non-hydrogen) atoms. The number of esters is 2. The number of rotatable bonds is 15. The molecule has 0 bridgehead atoms. The first-order valence-corrected chi connectivity index (χ1v) is 16.5. The zero-order valence-corrected chi connectivity index (χ0v) is 28.3. The fourth-order valence-electron chi connectivity index (χ4n) is 5.50. The number of carbonyl (C=O) groups excluding carboxylic acids is 2. The lowest BCUT2D eigenvalue weighted by atomic mass is 9.82. The van der Waals surface area contributed by atoms with Gasteiger partial charge in [-0.1, -0.05) is 44.5 Å². The van der Waals surface area contributed by atoms with Gasteiger partial charge in [0.1, 0.15) is 73.5 Å². The molecule has 2 aliphatic heterocycles. The van der Waals surface area contributed by atoms with E-state index in [4.69, 9.17) is 28.4 Å². The van der Waals surface area contributed by atoms with Crippen molar-refractivity contribution in [2.75, 3.05) is 13.2 Å². The maximum atomic E-state index is 13.2. The molecule has 290 valence electrons. The summed E-state index contributed by atoms with van der Waals surface area (Å²) in [6, 6.07) is 11.6. The van der Waals surface area contributed by atoms with Crippen LogP contribution in [0.1, 0.15) is 31.4 Å². The molecular weight excluding hydrogens is 696 g/mol. The van der Waals surface area contributed by atoms with Crippen molar-refractivity contribution in [2.45, 2.75) is 107 Å².